The first kappa shape index (κ1) is 10.8. The van der Waals surface area contributed by atoms with Crippen LogP contribution in [0.3, 0.4) is 0 Å². The van der Waals surface area contributed by atoms with Crippen LogP contribution in [0.2, 0.25) is 0 Å². The van der Waals surface area contributed by atoms with Gasteiger partial charge in [-0.15, -0.1) is 0 Å². The SMILES string of the molecule is COC(=O)C1(C)C=CC(C)(C#N)CC1. The van der Waals surface area contributed by atoms with Crippen LogP contribution in [0.4, 0.5) is 0 Å². The molecule has 0 aromatic carbocycles. The summed E-state index contributed by atoms with van der Waals surface area (Å²) < 4.78 is 4.72. The van der Waals surface area contributed by atoms with E-state index in [4.69, 9.17) is 10.00 Å². The molecule has 3 heteroatoms. The Balaban J connectivity index is 2.88. The van der Waals surface area contributed by atoms with E-state index in [2.05, 4.69) is 6.07 Å². The van der Waals surface area contributed by atoms with E-state index in [0.29, 0.717) is 12.8 Å². The van der Waals surface area contributed by atoms with Crippen LogP contribution in [-0.4, -0.2) is 13.1 Å². The van der Waals surface area contributed by atoms with Crippen molar-refractivity contribution >= 4 is 5.97 Å². The molecule has 0 saturated carbocycles. The quantitative estimate of drug-likeness (QED) is 0.473. The van der Waals surface area contributed by atoms with Crippen molar-refractivity contribution in [3.63, 3.8) is 0 Å². The minimum absolute atomic E-state index is 0.228. The molecule has 0 bridgehead atoms. The van der Waals surface area contributed by atoms with E-state index in [0.717, 1.165) is 0 Å². The van der Waals surface area contributed by atoms with Crippen LogP contribution >= 0.6 is 0 Å². The minimum Gasteiger partial charge on any atom is -0.468 e. The van der Waals surface area contributed by atoms with Gasteiger partial charge in [0.05, 0.1) is 24.0 Å². The topological polar surface area (TPSA) is 50.1 Å². The summed E-state index contributed by atoms with van der Waals surface area (Å²) in [5, 5.41) is 8.90. The summed E-state index contributed by atoms with van der Waals surface area (Å²) in [5.41, 5.74) is -0.974. The first-order valence-electron chi connectivity index (χ1n) is 4.66. The number of hydrogen-bond donors (Lipinski definition) is 0. The van der Waals surface area contributed by atoms with Crippen molar-refractivity contribution in [3.8, 4) is 6.07 Å². The van der Waals surface area contributed by atoms with Gasteiger partial charge in [-0.25, -0.2) is 0 Å². The second-order valence-corrected chi connectivity index (χ2v) is 4.27. The van der Waals surface area contributed by atoms with Gasteiger partial charge in [0, 0.05) is 0 Å². The zero-order valence-corrected chi connectivity index (χ0v) is 8.83. The number of esters is 1. The summed E-state index contributed by atoms with van der Waals surface area (Å²) in [6, 6.07) is 2.24. The van der Waals surface area contributed by atoms with Gasteiger partial charge in [-0.3, -0.25) is 4.79 Å². The van der Waals surface area contributed by atoms with E-state index in [9.17, 15) is 4.79 Å². The van der Waals surface area contributed by atoms with Gasteiger partial charge in [0.15, 0.2) is 0 Å². The van der Waals surface area contributed by atoms with Crippen molar-refractivity contribution in [3.05, 3.63) is 12.2 Å². The first-order chi connectivity index (χ1) is 6.46. The fourth-order valence-corrected chi connectivity index (χ4v) is 1.55. The summed E-state index contributed by atoms with van der Waals surface area (Å²) in [6.07, 6.45) is 4.98. The highest BCUT2D eigenvalue weighted by molar-refractivity contribution is 5.78. The molecule has 76 valence electrons. The van der Waals surface area contributed by atoms with Gasteiger partial charge in [0.25, 0.3) is 0 Å². The maximum atomic E-state index is 11.4. The van der Waals surface area contributed by atoms with E-state index in [1.807, 2.05) is 19.9 Å². The number of rotatable bonds is 1. The normalized spacial score (nSPS) is 36.1. The number of allylic oxidation sites excluding steroid dienone is 1. The lowest BCUT2D eigenvalue weighted by molar-refractivity contribution is -0.149. The molecule has 0 aromatic heterocycles. The highest BCUT2D eigenvalue weighted by Crippen LogP contribution is 2.39. The summed E-state index contributed by atoms with van der Waals surface area (Å²) in [5.74, 6) is -0.228. The number of nitriles is 1. The molecule has 0 radical (unpaired) electrons. The summed E-state index contributed by atoms with van der Waals surface area (Å²) in [7, 11) is 1.39. The number of carbonyl (C=O) groups is 1. The molecule has 0 N–H and O–H groups in total. The van der Waals surface area contributed by atoms with Crippen LogP contribution in [0, 0.1) is 22.2 Å². The van der Waals surface area contributed by atoms with Gasteiger partial charge in [-0.05, 0) is 26.7 Å². The predicted molar refractivity (Wildman–Crippen MR) is 52.2 cm³/mol. The molecule has 1 rings (SSSR count). The molecule has 0 fully saturated rings. The fraction of sp³-hybridized carbons (Fsp3) is 0.636. The zero-order valence-electron chi connectivity index (χ0n) is 8.83. The number of methoxy groups -OCH3 is 1. The Labute approximate surface area is 84.4 Å². The Bertz CT molecular complexity index is 316. The molecule has 1 aliphatic carbocycles. The number of hydrogen-bond acceptors (Lipinski definition) is 3. The molecule has 14 heavy (non-hydrogen) atoms. The Morgan fingerprint density at radius 1 is 1.43 bits per heavy atom. The lowest BCUT2D eigenvalue weighted by atomic mass is 9.71. The standard InChI is InChI=1S/C11H15NO2/c1-10(8-12)4-6-11(2,7-5-10)9(13)14-3/h4,6H,5,7H2,1-3H3. The Morgan fingerprint density at radius 2 is 2.07 bits per heavy atom. The maximum absolute atomic E-state index is 11.4. The van der Waals surface area contributed by atoms with Gasteiger partial charge >= 0.3 is 5.97 Å². The lowest BCUT2D eigenvalue weighted by Gasteiger charge is -2.31. The van der Waals surface area contributed by atoms with Crippen LogP contribution in [0.5, 0.6) is 0 Å². The number of nitrogens with zero attached hydrogens (tertiary/aromatic N) is 1. The highest BCUT2D eigenvalue weighted by atomic mass is 16.5. The molecule has 0 aliphatic heterocycles. The monoisotopic (exact) mass is 193 g/mol. The zero-order chi connectivity index (χ0) is 10.8. The van der Waals surface area contributed by atoms with Crippen molar-refractivity contribution in [1.29, 1.82) is 5.26 Å². The molecule has 0 spiro atoms. The Hall–Kier alpha value is -1.30. The van der Waals surface area contributed by atoms with Crippen molar-refractivity contribution in [1.82, 2.24) is 0 Å². The van der Waals surface area contributed by atoms with E-state index in [1.165, 1.54) is 7.11 Å². The minimum atomic E-state index is -0.550. The third kappa shape index (κ3) is 1.79. The Morgan fingerprint density at radius 3 is 2.43 bits per heavy atom. The summed E-state index contributed by atoms with van der Waals surface area (Å²) >= 11 is 0. The molecule has 0 heterocycles. The van der Waals surface area contributed by atoms with E-state index in [1.54, 1.807) is 6.08 Å². The summed E-state index contributed by atoms with van der Waals surface area (Å²) in [6.45, 7) is 3.71. The second kappa shape index (κ2) is 3.45. The molecule has 0 aromatic rings. The van der Waals surface area contributed by atoms with E-state index >= 15 is 0 Å². The molecule has 2 unspecified atom stereocenters. The molecule has 1 aliphatic rings. The second-order valence-electron chi connectivity index (χ2n) is 4.27. The first-order valence-corrected chi connectivity index (χ1v) is 4.66. The average Bonchev–Trinajstić information content (AvgIpc) is 2.22. The van der Waals surface area contributed by atoms with Crippen molar-refractivity contribution in [2.75, 3.05) is 7.11 Å². The molecule has 3 nitrogen and oxygen atoms in total. The van der Waals surface area contributed by atoms with Crippen LogP contribution in [0.1, 0.15) is 26.7 Å². The summed E-state index contributed by atoms with van der Waals surface area (Å²) in [4.78, 5) is 11.4. The van der Waals surface area contributed by atoms with Crippen LogP contribution < -0.4 is 0 Å². The molecular formula is C11H15NO2. The van der Waals surface area contributed by atoms with Gasteiger partial charge in [-0.1, -0.05) is 12.2 Å². The largest absolute Gasteiger partial charge is 0.468 e. The van der Waals surface area contributed by atoms with Crippen LogP contribution in [0.25, 0.3) is 0 Å². The average molecular weight is 193 g/mol. The van der Waals surface area contributed by atoms with Gasteiger partial charge < -0.3 is 4.74 Å². The van der Waals surface area contributed by atoms with Crippen molar-refractivity contribution < 1.29 is 9.53 Å². The fourth-order valence-electron chi connectivity index (χ4n) is 1.55. The van der Waals surface area contributed by atoms with Crippen molar-refractivity contribution in [2.24, 2.45) is 10.8 Å². The molecule has 0 saturated heterocycles. The lowest BCUT2D eigenvalue weighted by Crippen LogP contribution is -2.32. The van der Waals surface area contributed by atoms with Crippen LogP contribution in [0.15, 0.2) is 12.2 Å². The maximum Gasteiger partial charge on any atom is 0.315 e. The van der Waals surface area contributed by atoms with E-state index in [-0.39, 0.29) is 5.97 Å². The number of ether oxygens (including phenoxy) is 1. The van der Waals surface area contributed by atoms with Crippen molar-refractivity contribution in [2.45, 2.75) is 26.7 Å². The van der Waals surface area contributed by atoms with Crippen LogP contribution in [-0.2, 0) is 9.53 Å². The predicted octanol–water partition coefficient (Wildman–Crippen LogP) is 2.05. The van der Waals surface area contributed by atoms with E-state index < -0.39 is 10.8 Å². The molecule has 0 amide bonds. The highest BCUT2D eigenvalue weighted by Gasteiger charge is 2.38. The molecule has 2 atom stereocenters. The third-order valence-corrected chi connectivity index (χ3v) is 2.89. The van der Waals surface area contributed by atoms with Gasteiger partial charge in [0.2, 0.25) is 0 Å². The number of carbonyl (C=O) groups excluding carboxylic acids is 1. The molecular weight excluding hydrogens is 178 g/mol. The smallest absolute Gasteiger partial charge is 0.315 e. The van der Waals surface area contributed by atoms with Gasteiger partial charge in [0.1, 0.15) is 0 Å². The third-order valence-electron chi connectivity index (χ3n) is 2.89. The Kier molecular flexibility index (Phi) is 2.66. The van der Waals surface area contributed by atoms with Gasteiger partial charge in [-0.2, -0.15) is 5.26 Å².